The summed E-state index contributed by atoms with van der Waals surface area (Å²) in [5, 5.41) is 0. The second-order valence-electron chi connectivity index (χ2n) is 10.6. The lowest BCUT2D eigenvalue weighted by atomic mass is 9.95. The van der Waals surface area contributed by atoms with Crippen molar-refractivity contribution in [2.75, 3.05) is 47.0 Å². The molecule has 3 aliphatic rings. The van der Waals surface area contributed by atoms with Gasteiger partial charge in [-0.25, -0.2) is 9.59 Å². The molecule has 0 radical (unpaired) electrons. The molecule has 33 heavy (non-hydrogen) atoms. The first-order chi connectivity index (χ1) is 15.2. The third-order valence-corrected chi connectivity index (χ3v) is 5.54. The lowest BCUT2D eigenvalue weighted by Crippen LogP contribution is -2.52. The second-order valence-corrected chi connectivity index (χ2v) is 10.6. The molecule has 0 saturated carbocycles. The van der Waals surface area contributed by atoms with Crippen LogP contribution >= 0.6 is 0 Å². The molecule has 3 atom stereocenters. The molecule has 3 aliphatic heterocycles. The summed E-state index contributed by atoms with van der Waals surface area (Å²) in [7, 11) is 3.13. The molecule has 0 bridgehead atoms. The van der Waals surface area contributed by atoms with E-state index in [0.717, 1.165) is 13.0 Å². The largest absolute Gasteiger partial charge is 0.444 e. The Morgan fingerprint density at radius 2 is 1.42 bits per heavy atom. The smallest absolute Gasteiger partial charge is 0.410 e. The molecule has 190 valence electrons. The topological polar surface area (TPSA) is 107 Å². The Bertz CT molecular complexity index is 708. The number of epoxide rings is 1. The molecule has 3 rings (SSSR count). The van der Waals surface area contributed by atoms with Crippen LogP contribution in [0.25, 0.3) is 0 Å². The fourth-order valence-electron chi connectivity index (χ4n) is 3.65. The van der Waals surface area contributed by atoms with Gasteiger partial charge in [0.05, 0.1) is 19.7 Å². The molecule has 0 N–H and O–H groups in total. The molecule has 0 aromatic heterocycles. The molecule has 3 unspecified atom stereocenters. The van der Waals surface area contributed by atoms with E-state index in [1.165, 1.54) is 12.0 Å². The summed E-state index contributed by atoms with van der Waals surface area (Å²) >= 11 is 0. The van der Waals surface area contributed by atoms with Gasteiger partial charge in [-0.15, -0.1) is 0 Å². The zero-order valence-corrected chi connectivity index (χ0v) is 21.3. The summed E-state index contributed by atoms with van der Waals surface area (Å²) in [6, 6.07) is 0. The first-order valence-corrected chi connectivity index (χ1v) is 11.4. The van der Waals surface area contributed by atoms with Gasteiger partial charge in [-0.1, -0.05) is 0 Å². The Morgan fingerprint density at radius 3 is 1.85 bits per heavy atom. The summed E-state index contributed by atoms with van der Waals surface area (Å²) in [6.07, 6.45) is -0.0511. The van der Waals surface area contributed by atoms with E-state index in [1.54, 1.807) is 12.0 Å². The summed E-state index contributed by atoms with van der Waals surface area (Å²) < 4.78 is 26.5. The van der Waals surface area contributed by atoms with Crippen molar-refractivity contribution >= 4 is 18.0 Å². The molecule has 10 heteroatoms. The summed E-state index contributed by atoms with van der Waals surface area (Å²) in [6.45, 7) is 13.7. The lowest BCUT2D eigenvalue weighted by Gasteiger charge is -2.36. The predicted molar refractivity (Wildman–Crippen MR) is 120 cm³/mol. The number of rotatable bonds is 2. The van der Waals surface area contributed by atoms with E-state index < -0.39 is 17.3 Å². The zero-order valence-electron chi connectivity index (χ0n) is 21.3. The van der Waals surface area contributed by atoms with E-state index in [-0.39, 0.29) is 36.2 Å². The number of likely N-dealkylation sites (tertiary alicyclic amines) is 2. The number of ketones is 1. The first-order valence-electron chi connectivity index (χ1n) is 11.4. The van der Waals surface area contributed by atoms with Gasteiger partial charge in [-0.2, -0.15) is 0 Å². The highest BCUT2D eigenvalue weighted by Crippen LogP contribution is 2.39. The van der Waals surface area contributed by atoms with Gasteiger partial charge in [0.2, 0.25) is 0 Å². The van der Waals surface area contributed by atoms with Crippen molar-refractivity contribution in [1.29, 1.82) is 0 Å². The highest BCUT2D eigenvalue weighted by molar-refractivity contribution is 5.85. The second kappa shape index (κ2) is 10.6. The number of methoxy groups -OCH3 is 2. The van der Waals surface area contributed by atoms with Gasteiger partial charge < -0.3 is 33.5 Å². The minimum atomic E-state index is -0.513. The summed E-state index contributed by atoms with van der Waals surface area (Å²) in [4.78, 5) is 38.2. The van der Waals surface area contributed by atoms with Crippen LogP contribution in [-0.4, -0.2) is 104 Å². The Balaban J connectivity index is 0.000000234. The molecule has 10 nitrogen and oxygen atoms in total. The number of piperidine rings is 2. The van der Waals surface area contributed by atoms with Crippen molar-refractivity contribution in [2.24, 2.45) is 0 Å². The van der Waals surface area contributed by atoms with Gasteiger partial charge in [-0.3, -0.25) is 4.79 Å². The Labute approximate surface area is 196 Å². The van der Waals surface area contributed by atoms with Crippen molar-refractivity contribution in [3.8, 4) is 0 Å². The van der Waals surface area contributed by atoms with Crippen molar-refractivity contribution in [1.82, 2.24) is 9.80 Å². The van der Waals surface area contributed by atoms with Gasteiger partial charge in [0, 0.05) is 33.7 Å². The minimum Gasteiger partial charge on any atom is -0.444 e. The Hall–Kier alpha value is -1.91. The van der Waals surface area contributed by atoms with E-state index in [0.29, 0.717) is 26.1 Å². The molecular weight excluding hydrogens is 432 g/mol. The third-order valence-electron chi connectivity index (χ3n) is 5.54. The molecule has 0 aliphatic carbocycles. The van der Waals surface area contributed by atoms with Crippen LogP contribution in [0.15, 0.2) is 0 Å². The molecule has 0 aromatic carbocycles. The summed E-state index contributed by atoms with van der Waals surface area (Å²) in [5.74, 6) is 0.0438. The van der Waals surface area contributed by atoms with Gasteiger partial charge in [0.1, 0.15) is 29.0 Å². The van der Waals surface area contributed by atoms with Crippen molar-refractivity contribution in [2.45, 2.75) is 83.4 Å². The number of ether oxygens (including phenoxy) is 5. The van der Waals surface area contributed by atoms with Crippen LogP contribution < -0.4 is 0 Å². The van der Waals surface area contributed by atoms with Crippen LogP contribution in [0.1, 0.15) is 54.4 Å². The van der Waals surface area contributed by atoms with E-state index in [4.69, 9.17) is 23.7 Å². The molecule has 3 saturated heterocycles. The van der Waals surface area contributed by atoms with Gasteiger partial charge >= 0.3 is 12.2 Å². The molecule has 1 spiro atoms. The maximum atomic E-state index is 11.9. The number of hydrogen-bond donors (Lipinski definition) is 0. The quantitative estimate of drug-likeness (QED) is 0.565. The maximum absolute atomic E-state index is 11.9. The molecule has 3 fully saturated rings. The molecule has 3 heterocycles. The normalized spacial score (nSPS) is 27.6. The first kappa shape index (κ1) is 27.3. The third kappa shape index (κ3) is 8.12. The average molecular weight is 473 g/mol. The number of amides is 2. The van der Waals surface area contributed by atoms with E-state index in [2.05, 4.69) is 0 Å². The number of carbonyl (C=O) groups excluding carboxylic acids is 3. The summed E-state index contributed by atoms with van der Waals surface area (Å²) in [5.41, 5.74) is -1.10. The standard InChI is InChI=1S/C12H21NO4.C11H19NO4/c1-11(2,3)17-10(14)13-6-5-12(8-16-12)9(7-13)15-4;1-11(2,3)16-10(14)12-6-5-8(13)9(7-12)15-4/h9H,5-8H2,1-4H3;9H,5-7H2,1-4H3. The average Bonchev–Trinajstić information content (AvgIpc) is 3.46. The molecule has 0 aromatic rings. The van der Waals surface area contributed by atoms with E-state index in [1.807, 2.05) is 41.5 Å². The van der Waals surface area contributed by atoms with Gasteiger partial charge in [0.15, 0.2) is 5.78 Å². The zero-order chi connectivity index (χ0) is 25.0. The number of Topliss-reactive ketones (excluding diaryl/α,β-unsaturated/α-hetero) is 1. The van der Waals surface area contributed by atoms with Crippen LogP contribution in [0.3, 0.4) is 0 Å². The number of nitrogens with zero attached hydrogens (tertiary/aromatic N) is 2. The minimum absolute atomic E-state index is 0.0382. The lowest BCUT2D eigenvalue weighted by molar-refractivity contribution is -0.133. The Kier molecular flexibility index (Phi) is 8.75. The van der Waals surface area contributed by atoms with Crippen molar-refractivity contribution in [3.63, 3.8) is 0 Å². The monoisotopic (exact) mass is 472 g/mol. The van der Waals surface area contributed by atoms with Crippen molar-refractivity contribution < 1.29 is 38.1 Å². The van der Waals surface area contributed by atoms with Crippen LogP contribution in [0, 0.1) is 0 Å². The number of hydrogen-bond acceptors (Lipinski definition) is 8. The highest BCUT2D eigenvalue weighted by Gasteiger charge is 2.55. The highest BCUT2D eigenvalue weighted by atomic mass is 16.6. The van der Waals surface area contributed by atoms with Crippen LogP contribution in [0.4, 0.5) is 9.59 Å². The molecular formula is C23H40N2O8. The van der Waals surface area contributed by atoms with Crippen molar-refractivity contribution in [3.05, 3.63) is 0 Å². The predicted octanol–water partition coefficient (Wildman–Crippen LogP) is 2.62. The van der Waals surface area contributed by atoms with E-state index >= 15 is 0 Å². The fourth-order valence-corrected chi connectivity index (χ4v) is 3.65. The maximum Gasteiger partial charge on any atom is 0.410 e. The number of carbonyl (C=O) groups is 3. The Morgan fingerprint density at radius 1 is 0.909 bits per heavy atom. The molecule has 2 amide bonds. The van der Waals surface area contributed by atoms with Crippen LogP contribution in [-0.2, 0) is 28.5 Å². The van der Waals surface area contributed by atoms with Gasteiger partial charge in [-0.05, 0) is 48.0 Å². The van der Waals surface area contributed by atoms with Crippen LogP contribution in [0.2, 0.25) is 0 Å². The van der Waals surface area contributed by atoms with Crippen LogP contribution in [0.5, 0.6) is 0 Å². The SMILES string of the molecule is COC1CN(C(=O)OC(C)(C)C)CCC12CO2.COC1CN(C(=O)OC(C)(C)C)CCC1=O. The fraction of sp³-hybridized carbons (Fsp3) is 0.870. The van der Waals surface area contributed by atoms with Gasteiger partial charge in [0.25, 0.3) is 0 Å². The van der Waals surface area contributed by atoms with E-state index in [9.17, 15) is 14.4 Å².